The van der Waals surface area contributed by atoms with E-state index in [4.69, 9.17) is 0 Å². The van der Waals surface area contributed by atoms with Gasteiger partial charge in [-0.25, -0.2) is 0 Å². The van der Waals surface area contributed by atoms with Crippen LogP contribution < -0.4 is 5.32 Å². The van der Waals surface area contributed by atoms with Gasteiger partial charge in [0, 0.05) is 7.05 Å². The van der Waals surface area contributed by atoms with Crippen molar-refractivity contribution in [1.29, 1.82) is 0 Å². The molecule has 1 N–H and O–H groups in total. The Morgan fingerprint density at radius 1 is 1.58 bits per heavy atom. The standard InChI is InChI=1S/C8H16N2O2/c1-6(2)7(5-10-12-4)8(11)9-3/h5-7H,1-4H3,(H,9,11)/b10-5+. The Labute approximate surface area is 73.0 Å². The Bertz CT molecular complexity index is 166. The van der Waals surface area contributed by atoms with E-state index in [0.717, 1.165) is 0 Å². The van der Waals surface area contributed by atoms with Gasteiger partial charge in [-0.15, -0.1) is 0 Å². The zero-order chi connectivity index (χ0) is 9.56. The quantitative estimate of drug-likeness (QED) is 0.499. The molecule has 1 amide bonds. The molecule has 0 aromatic rings. The van der Waals surface area contributed by atoms with Crippen LogP contribution in [0.25, 0.3) is 0 Å². The highest BCUT2D eigenvalue weighted by atomic mass is 16.6. The topological polar surface area (TPSA) is 50.7 Å². The van der Waals surface area contributed by atoms with E-state index in [2.05, 4.69) is 15.3 Å². The third-order valence-electron chi connectivity index (χ3n) is 1.59. The molecular weight excluding hydrogens is 156 g/mol. The maximum atomic E-state index is 11.2. The molecule has 0 aliphatic heterocycles. The monoisotopic (exact) mass is 172 g/mol. The fourth-order valence-corrected chi connectivity index (χ4v) is 0.836. The number of nitrogens with zero attached hydrogens (tertiary/aromatic N) is 1. The number of hydrogen-bond donors (Lipinski definition) is 1. The lowest BCUT2D eigenvalue weighted by molar-refractivity contribution is -0.123. The molecule has 0 rings (SSSR count). The van der Waals surface area contributed by atoms with Crippen molar-refractivity contribution in [3.8, 4) is 0 Å². The number of oxime groups is 1. The number of rotatable bonds is 4. The molecule has 0 aromatic carbocycles. The normalized spacial score (nSPS) is 13.4. The van der Waals surface area contributed by atoms with Crippen LogP contribution in [-0.2, 0) is 9.63 Å². The fraction of sp³-hybridized carbons (Fsp3) is 0.750. The third-order valence-corrected chi connectivity index (χ3v) is 1.59. The van der Waals surface area contributed by atoms with Gasteiger partial charge in [-0.05, 0) is 5.92 Å². The fourth-order valence-electron chi connectivity index (χ4n) is 0.836. The van der Waals surface area contributed by atoms with Crippen molar-refractivity contribution in [2.45, 2.75) is 13.8 Å². The van der Waals surface area contributed by atoms with Gasteiger partial charge < -0.3 is 10.2 Å². The summed E-state index contributed by atoms with van der Waals surface area (Å²) in [6.07, 6.45) is 1.52. The zero-order valence-corrected chi connectivity index (χ0v) is 8.00. The Hall–Kier alpha value is -1.06. The van der Waals surface area contributed by atoms with Gasteiger partial charge in [0.25, 0.3) is 0 Å². The number of carbonyl (C=O) groups excluding carboxylic acids is 1. The summed E-state index contributed by atoms with van der Waals surface area (Å²) in [5.41, 5.74) is 0. The molecule has 0 heterocycles. The van der Waals surface area contributed by atoms with Gasteiger partial charge in [0.1, 0.15) is 7.11 Å². The van der Waals surface area contributed by atoms with Crippen LogP contribution >= 0.6 is 0 Å². The molecule has 4 nitrogen and oxygen atoms in total. The molecule has 0 radical (unpaired) electrons. The molecule has 0 aliphatic rings. The van der Waals surface area contributed by atoms with Crippen molar-refractivity contribution in [3.05, 3.63) is 0 Å². The Balaban J connectivity index is 4.23. The SMILES string of the molecule is CNC(=O)C(/C=N/OC)C(C)C. The van der Waals surface area contributed by atoms with Gasteiger partial charge in [-0.1, -0.05) is 19.0 Å². The molecule has 0 saturated heterocycles. The van der Waals surface area contributed by atoms with Gasteiger partial charge in [-0.3, -0.25) is 4.79 Å². The van der Waals surface area contributed by atoms with Crippen LogP contribution in [0.3, 0.4) is 0 Å². The van der Waals surface area contributed by atoms with Crippen molar-refractivity contribution in [2.75, 3.05) is 14.2 Å². The second-order valence-electron chi connectivity index (χ2n) is 2.82. The second kappa shape index (κ2) is 5.57. The molecule has 0 aromatic heterocycles. The summed E-state index contributed by atoms with van der Waals surface area (Å²) in [6, 6.07) is 0. The average Bonchev–Trinajstić information content (AvgIpc) is 2.04. The van der Waals surface area contributed by atoms with Crippen molar-refractivity contribution in [2.24, 2.45) is 17.0 Å². The Kier molecular flexibility index (Phi) is 5.08. The summed E-state index contributed by atoms with van der Waals surface area (Å²) in [6.45, 7) is 3.92. The molecule has 70 valence electrons. The number of nitrogens with one attached hydrogen (secondary N) is 1. The van der Waals surface area contributed by atoms with Gasteiger partial charge in [0.2, 0.25) is 5.91 Å². The van der Waals surface area contributed by atoms with Crippen molar-refractivity contribution in [1.82, 2.24) is 5.32 Å². The average molecular weight is 172 g/mol. The summed E-state index contributed by atoms with van der Waals surface area (Å²) in [5, 5.41) is 6.15. The van der Waals surface area contributed by atoms with E-state index < -0.39 is 0 Å². The molecule has 0 fully saturated rings. The van der Waals surface area contributed by atoms with E-state index in [1.807, 2.05) is 13.8 Å². The molecule has 0 bridgehead atoms. The molecule has 4 heteroatoms. The third kappa shape index (κ3) is 3.37. The summed E-state index contributed by atoms with van der Waals surface area (Å²) in [4.78, 5) is 15.7. The number of hydrogen-bond acceptors (Lipinski definition) is 3. The second-order valence-corrected chi connectivity index (χ2v) is 2.82. The van der Waals surface area contributed by atoms with Gasteiger partial charge in [0.15, 0.2) is 0 Å². The minimum atomic E-state index is -0.213. The number of carbonyl (C=O) groups is 1. The van der Waals surface area contributed by atoms with Gasteiger partial charge in [0.05, 0.1) is 12.1 Å². The molecule has 1 atom stereocenters. The van der Waals surface area contributed by atoms with Crippen LogP contribution in [0.15, 0.2) is 5.16 Å². The number of amides is 1. The summed E-state index contributed by atoms with van der Waals surface area (Å²) in [7, 11) is 3.07. The van der Waals surface area contributed by atoms with Gasteiger partial charge >= 0.3 is 0 Å². The van der Waals surface area contributed by atoms with Crippen LogP contribution in [0.4, 0.5) is 0 Å². The molecule has 12 heavy (non-hydrogen) atoms. The molecule has 0 spiro atoms. The molecular formula is C8H16N2O2. The van der Waals surface area contributed by atoms with Crippen LogP contribution in [-0.4, -0.2) is 26.3 Å². The predicted octanol–water partition coefficient (Wildman–Crippen LogP) is 0.637. The van der Waals surface area contributed by atoms with Crippen LogP contribution in [0.5, 0.6) is 0 Å². The lowest BCUT2D eigenvalue weighted by Gasteiger charge is -2.13. The van der Waals surface area contributed by atoms with E-state index in [-0.39, 0.29) is 17.7 Å². The first-order valence-electron chi connectivity index (χ1n) is 3.91. The highest BCUT2D eigenvalue weighted by molar-refractivity contribution is 5.93. The highest BCUT2D eigenvalue weighted by Crippen LogP contribution is 2.07. The zero-order valence-electron chi connectivity index (χ0n) is 8.00. The first-order valence-corrected chi connectivity index (χ1v) is 3.91. The maximum absolute atomic E-state index is 11.2. The Morgan fingerprint density at radius 3 is 2.50 bits per heavy atom. The van der Waals surface area contributed by atoms with Gasteiger partial charge in [-0.2, -0.15) is 0 Å². The van der Waals surface area contributed by atoms with Crippen molar-refractivity contribution >= 4 is 12.1 Å². The minimum Gasteiger partial charge on any atom is -0.399 e. The largest absolute Gasteiger partial charge is 0.399 e. The molecule has 1 unspecified atom stereocenters. The maximum Gasteiger partial charge on any atom is 0.228 e. The predicted molar refractivity (Wildman–Crippen MR) is 47.9 cm³/mol. The first kappa shape index (κ1) is 10.9. The van der Waals surface area contributed by atoms with Crippen LogP contribution in [0.1, 0.15) is 13.8 Å². The van der Waals surface area contributed by atoms with Crippen molar-refractivity contribution in [3.63, 3.8) is 0 Å². The lowest BCUT2D eigenvalue weighted by Crippen LogP contribution is -2.31. The van der Waals surface area contributed by atoms with E-state index in [0.29, 0.717) is 0 Å². The summed E-state index contributed by atoms with van der Waals surface area (Å²) < 4.78 is 0. The van der Waals surface area contributed by atoms with E-state index in [9.17, 15) is 4.79 Å². The van der Waals surface area contributed by atoms with Crippen molar-refractivity contribution < 1.29 is 9.63 Å². The lowest BCUT2D eigenvalue weighted by atomic mass is 9.96. The van der Waals surface area contributed by atoms with Crippen LogP contribution in [0, 0.1) is 11.8 Å². The van der Waals surface area contributed by atoms with E-state index in [1.54, 1.807) is 7.05 Å². The molecule has 0 saturated carbocycles. The smallest absolute Gasteiger partial charge is 0.228 e. The van der Waals surface area contributed by atoms with E-state index >= 15 is 0 Å². The summed E-state index contributed by atoms with van der Waals surface area (Å²) >= 11 is 0. The molecule has 0 aliphatic carbocycles. The highest BCUT2D eigenvalue weighted by Gasteiger charge is 2.18. The summed E-state index contributed by atoms with van der Waals surface area (Å²) in [5.74, 6) is -0.0235. The van der Waals surface area contributed by atoms with E-state index in [1.165, 1.54) is 13.3 Å². The first-order chi connectivity index (χ1) is 5.63. The van der Waals surface area contributed by atoms with Crippen LogP contribution in [0.2, 0.25) is 0 Å². The Morgan fingerprint density at radius 2 is 2.17 bits per heavy atom. The minimum absolute atomic E-state index is 0.0363.